The van der Waals surface area contributed by atoms with Gasteiger partial charge in [0.1, 0.15) is 13.2 Å². The largest absolute Gasteiger partial charge is 0.486 e. The second-order valence-corrected chi connectivity index (χ2v) is 9.52. The first kappa shape index (κ1) is 21.7. The average Bonchev–Trinajstić information content (AvgIpc) is 2.77. The summed E-state index contributed by atoms with van der Waals surface area (Å²) in [6.07, 6.45) is 1.19. The van der Waals surface area contributed by atoms with Crippen molar-refractivity contribution in [1.82, 2.24) is 0 Å². The molecular formula is C24H24N2O5S. The predicted molar refractivity (Wildman–Crippen MR) is 124 cm³/mol. The highest BCUT2D eigenvalue weighted by Gasteiger charge is 2.18. The lowest BCUT2D eigenvalue weighted by molar-refractivity contribution is 0.102. The number of hydrogen-bond donors (Lipinski definition) is 1. The minimum absolute atomic E-state index is 0.173. The number of sulfonamides is 1. The predicted octanol–water partition coefficient (Wildman–Crippen LogP) is 3.98. The second kappa shape index (κ2) is 8.92. The molecule has 8 heteroatoms. The zero-order valence-electron chi connectivity index (χ0n) is 17.9. The van der Waals surface area contributed by atoms with Gasteiger partial charge in [-0.1, -0.05) is 24.3 Å². The highest BCUT2D eigenvalue weighted by molar-refractivity contribution is 7.92. The summed E-state index contributed by atoms with van der Waals surface area (Å²) in [7, 11) is -3.48. The first-order chi connectivity index (χ1) is 15.3. The Kier molecular flexibility index (Phi) is 6.05. The summed E-state index contributed by atoms with van der Waals surface area (Å²) < 4.78 is 37.1. The van der Waals surface area contributed by atoms with Gasteiger partial charge in [-0.3, -0.25) is 9.10 Å². The van der Waals surface area contributed by atoms with Crippen molar-refractivity contribution in [3.05, 3.63) is 83.4 Å². The molecule has 32 heavy (non-hydrogen) atoms. The zero-order chi connectivity index (χ0) is 22.7. The number of fused-ring (bicyclic) bond motifs is 1. The van der Waals surface area contributed by atoms with Crippen molar-refractivity contribution in [3.8, 4) is 11.5 Å². The van der Waals surface area contributed by atoms with Crippen molar-refractivity contribution in [2.75, 3.05) is 29.1 Å². The third-order valence-corrected chi connectivity index (χ3v) is 6.17. The molecule has 1 aliphatic rings. The summed E-state index contributed by atoms with van der Waals surface area (Å²) >= 11 is 0. The van der Waals surface area contributed by atoms with E-state index in [1.54, 1.807) is 48.5 Å². The summed E-state index contributed by atoms with van der Waals surface area (Å²) in [5, 5.41) is 2.84. The molecule has 1 aliphatic heterocycles. The molecule has 4 rings (SSSR count). The van der Waals surface area contributed by atoms with Crippen LogP contribution in [0, 0.1) is 6.92 Å². The van der Waals surface area contributed by atoms with Crippen LogP contribution < -0.4 is 19.1 Å². The zero-order valence-corrected chi connectivity index (χ0v) is 18.7. The van der Waals surface area contributed by atoms with E-state index in [9.17, 15) is 13.2 Å². The molecule has 7 nitrogen and oxygen atoms in total. The van der Waals surface area contributed by atoms with Crippen LogP contribution in [0.15, 0.2) is 66.7 Å². The molecule has 0 atom stereocenters. The van der Waals surface area contributed by atoms with Gasteiger partial charge in [-0.05, 0) is 54.4 Å². The highest BCUT2D eigenvalue weighted by Crippen LogP contribution is 2.32. The van der Waals surface area contributed by atoms with Gasteiger partial charge >= 0.3 is 0 Å². The van der Waals surface area contributed by atoms with E-state index in [-0.39, 0.29) is 12.5 Å². The number of benzene rings is 3. The number of carbonyl (C=O) groups is 1. The minimum atomic E-state index is -3.48. The van der Waals surface area contributed by atoms with Crippen molar-refractivity contribution in [2.45, 2.75) is 13.5 Å². The molecule has 0 fully saturated rings. The molecule has 1 amide bonds. The number of aryl methyl sites for hydroxylation is 1. The average molecular weight is 453 g/mol. The van der Waals surface area contributed by atoms with E-state index in [2.05, 4.69) is 5.32 Å². The molecule has 0 saturated heterocycles. The Hall–Kier alpha value is -3.52. The fourth-order valence-corrected chi connectivity index (χ4v) is 4.31. The first-order valence-corrected chi connectivity index (χ1v) is 12.0. The van der Waals surface area contributed by atoms with Crippen molar-refractivity contribution < 1.29 is 22.7 Å². The van der Waals surface area contributed by atoms with Crippen molar-refractivity contribution in [2.24, 2.45) is 0 Å². The highest BCUT2D eigenvalue weighted by atomic mass is 32.2. The van der Waals surface area contributed by atoms with Gasteiger partial charge in [0, 0.05) is 17.3 Å². The van der Waals surface area contributed by atoms with Gasteiger partial charge in [0.25, 0.3) is 5.91 Å². The van der Waals surface area contributed by atoms with Gasteiger partial charge in [0.15, 0.2) is 11.5 Å². The van der Waals surface area contributed by atoms with E-state index >= 15 is 0 Å². The molecule has 0 aromatic heterocycles. The van der Waals surface area contributed by atoms with Crippen molar-refractivity contribution in [3.63, 3.8) is 0 Å². The number of nitrogens with one attached hydrogen (secondary N) is 1. The number of carbonyl (C=O) groups excluding carboxylic acids is 1. The summed E-state index contributed by atoms with van der Waals surface area (Å²) in [6.45, 7) is 3.07. The SMILES string of the molecule is Cc1cccc(N(Cc2ccc(C(=O)Nc3ccc4c(c3)OCCO4)cc2)S(C)(=O)=O)c1. The van der Waals surface area contributed by atoms with Crippen molar-refractivity contribution in [1.29, 1.82) is 0 Å². The van der Waals surface area contributed by atoms with Gasteiger partial charge in [0.05, 0.1) is 18.5 Å². The van der Waals surface area contributed by atoms with E-state index in [1.165, 1.54) is 10.6 Å². The molecule has 1 heterocycles. The van der Waals surface area contributed by atoms with Crippen LogP contribution in [0.5, 0.6) is 11.5 Å². The smallest absolute Gasteiger partial charge is 0.255 e. The molecule has 166 valence electrons. The number of rotatable bonds is 6. The molecule has 0 aliphatic carbocycles. The molecule has 1 N–H and O–H groups in total. The van der Waals surface area contributed by atoms with E-state index < -0.39 is 10.0 Å². The number of nitrogens with zero attached hydrogens (tertiary/aromatic N) is 1. The third kappa shape index (κ3) is 5.03. The summed E-state index contributed by atoms with van der Waals surface area (Å²) in [5.74, 6) is 0.982. The number of anilines is 2. The number of amides is 1. The van der Waals surface area contributed by atoms with Crippen LogP contribution in [-0.4, -0.2) is 33.8 Å². The van der Waals surface area contributed by atoms with Gasteiger partial charge in [0.2, 0.25) is 10.0 Å². The van der Waals surface area contributed by atoms with Crippen LogP contribution in [0.3, 0.4) is 0 Å². The Bertz CT molecular complexity index is 1240. The van der Waals surface area contributed by atoms with Gasteiger partial charge in [-0.25, -0.2) is 8.42 Å². The van der Waals surface area contributed by atoms with Crippen LogP contribution in [0.1, 0.15) is 21.5 Å². The monoisotopic (exact) mass is 452 g/mol. The molecule has 0 unspecified atom stereocenters. The Morgan fingerprint density at radius 1 is 0.969 bits per heavy atom. The van der Waals surface area contributed by atoms with Crippen molar-refractivity contribution >= 4 is 27.3 Å². The molecule has 0 spiro atoms. The van der Waals surface area contributed by atoms with Crippen LogP contribution in [0.2, 0.25) is 0 Å². The van der Waals surface area contributed by atoms with E-state index in [0.717, 1.165) is 11.1 Å². The third-order valence-electron chi connectivity index (χ3n) is 5.03. The molecular weight excluding hydrogens is 428 g/mol. The van der Waals surface area contributed by atoms with E-state index in [0.29, 0.717) is 41.7 Å². The quantitative estimate of drug-likeness (QED) is 0.611. The lowest BCUT2D eigenvalue weighted by Gasteiger charge is -2.23. The maximum Gasteiger partial charge on any atom is 0.255 e. The van der Waals surface area contributed by atoms with Gasteiger partial charge in [-0.2, -0.15) is 0 Å². The first-order valence-electron chi connectivity index (χ1n) is 10.1. The Labute approximate surface area is 187 Å². The summed E-state index contributed by atoms with van der Waals surface area (Å²) in [6, 6.07) is 19.5. The Balaban J connectivity index is 1.48. The fourth-order valence-electron chi connectivity index (χ4n) is 3.43. The Morgan fingerprint density at radius 3 is 2.38 bits per heavy atom. The van der Waals surface area contributed by atoms with Gasteiger partial charge in [-0.15, -0.1) is 0 Å². The molecule has 0 radical (unpaired) electrons. The molecule has 0 bridgehead atoms. The maximum absolute atomic E-state index is 12.6. The van der Waals surface area contributed by atoms with Gasteiger partial charge < -0.3 is 14.8 Å². The minimum Gasteiger partial charge on any atom is -0.486 e. The standard InChI is InChI=1S/C24H24N2O5S/c1-17-4-3-5-21(14-17)26(32(2,28)29)16-18-6-8-19(9-7-18)24(27)25-20-10-11-22-23(15-20)31-13-12-30-22/h3-11,14-15H,12-13,16H2,1-2H3,(H,25,27). The number of ether oxygens (including phenoxy) is 2. The Morgan fingerprint density at radius 2 is 1.69 bits per heavy atom. The normalized spacial score (nSPS) is 12.8. The number of hydrogen-bond acceptors (Lipinski definition) is 5. The maximum atomic E-state index is 12.6. The summed E-state index contributed by atoms with van der Waals surface area (Å²) in [5.41, 5.74) is 3.42. The topological polar surface area (TPSA) is 84.9 Å². The molecule has 0 saturated carbocycles. The van der Waals surface area contributed by atoms with Crippen LogP contribution in [-0.2, 0) is 16.6 Å². The second-order valence-electron chi connectivity index (χ2n) is 7.62. The lowest BCUT2D eigenvalue weighted by Crippen LogP contribution is -2.29. The van der Waals surface area contributed by atoms with E-state index in [4.69, 9.17) is 9.47 Å². The van der Waals surface area contributed by atoms with Crippen LogP contribution in [0.25, 0.3) is 0 Å². The van der Waals surface area contributed by atoms with Crippen LogP contribution >= 0.6 is 0 Å². The van der Waals surface area contributed by atoms with E-state index in [1.807, 2.05) is 25.1 Å². The summed E-state index contributed by atoms with van der Waals surface area (Å²) in [4.78, 5) is 12.6. The fraction of sp³-hybridized carbons (Fsp3) is 0.208. The lowest BCUT2D eigenvalue weighted by atomic mass is 10.1. The molecule has 3 aromatic rings. The molecule has 3 aromatic carbocycles. The van der Waals surface area contributed by atoms with Crippen LogP contribution in [0.4, 0.5) is 11.4 Å².